The second-order valence-electron chi connectivity index (χ2n) is 10.2. The van der Waals surface area contributed by atoms with Crippen molar-refractivity contribution in [3.8, 4) is 0 Å². The normalized spacial score (nSPS) is 16.8. The molecule has 0 atom stereocenters. The van der Waals surface area contributed by atoms with E-state index in [0.717, 1.165) is 80.7 Å². The van der Waals surface area contributed by atoms with Crippen LogP contribution in [-0.4, -0.2) is 24.1 Å². The zero-order valence-electron chi connectivity index (χ0n) is 21.4. The van der Waals surface area contributed by atoms with E-state index in [1.165, 1.54) is 0 Å². The van der Waals surface area contributed by atoms with Crippen LogP contribution in [0.3, 0.4) is 0 Å². The Balaban J connectivity index is 1.58. The summed E-state index contributed by atoms with van der Waals surface area (Å²) in [7, 11) is 0. The van der Waals surface area contributed by atoms with Gasteiger partial charge in [-0.05, 0) is 69.1 Å². The molecule has 37 heavy (non-hydrogen) atoms. The Morgan fingerprint density at radius 3 is 1.84 bits per heavy atom. The van der Waals surface area contributed by atoms with E-state index in [1.54, 1.807) is 0 Å². The van der Waals surface area contributed by atoms with Gasteiger partial charge in [0.15, 0.2) is 18.3 Å². The third-order valence-electron chi connectivity index (χ3n) is 7.60. The topological polar surface area (TPSA) is 56.5 Å². The molecule has 2 aromatic carbocycles. The number of benzene rings is 2. The molecule has 0 radical (unpaired) electrons. The zero-order chi connectivity index (χ0) is 25.5. The lowest BCUT2D eigenvalue weighted by Gasteiger charge is -2.25. The summed E-state index contributed by atoms with van der Waals surface area (Å²) in [6.45, 7) is 0.347. The second kappa shape index (κ2) is 12.2. The summed E-state index contributed by atoms with van der Waals surface area (Å²) >= 11 is 0. The molecular formula is C32H36NO4+. The molecule has 2 fully saturated rings. The standard InChI is InChI=1S/C32H36NO4/c34-31(36-26-17-6-2-7-18-26)30(32(35)37-27-19-8-3-9-20-27)28(24-13-4-1-5-14-24)23-33-22-12-16-25-15-10-11-21-29(25)33/h1,4-5,10-16,21-22,26-27H,2-3,6-9,17-20,23H2/q+1. The number of carbonyl (C=O) groups excluding carboxylic acids is 2. The van der Waals surface area contributed by atoms with E-state index in [9.17, 15) is 9.59 Å². The van der Waals surface area contributed by atoms with Gasteiger partial charge in [0, 0.05) is 23.1 Å². The van der Waals surface area contributed by atoms with Gasteiger partial charge < -0.3 is 9.47 Å². The summed E-state index contributed by atoms with van der Waals surface area (Å²) in [5.74, 6) is -1.13. The molecule has 1 heterocycles. The quantitative estimate of drug-likeness (QED) is 0.126. The van der Waals surface area contributed by atoms with E-state index < -0.39 is 11.9 Å². The van der Waals surface area contributed by atoms with Crippen LogP contribution < -0.4 is 4.57 Å². The van der Waals surface area contributed by atoms with Crippen LogP contribution in [0.15, 0.2) is 78.5 Å². The number of rotatable bonds is 7. The average molecular weight is 499 g/mol. The molecule has 3 aromatic rings. The zero-order valence-corrected chi connectivity index (χ0v) is 21.4. The van der Waals surface area contributed by atoms with Crippen molar-refractivity contribution in [2.75, 3.05) is 0 Å². The summed E-state index contributed by atoms with van der Waals surface area (Å²) in [6.07, 6.45) is 11.5. The lowest BCUT2D eigenvalue weighted by Crippen LogP contribution is -2.37. The van der Waals surface area contributed by atoms with Crippen LogP contribution in [0.25, 0.3) is 16.5 Å². The van der Waals surface area contributed by atoms with Gasteiger partial charge >= 0.3 is 11.9 Å². The molecule has 0 saturated heterocycles. The number of para-hydroxylation sites is 1. The van der Waals surface area contributed by atoms with E-state index in [1.807, 2.05) is 54.7 Å². The fourth-order valence-electron chi connectivity index (χ4n) is 5.60. The lowest BCUT2D eigenvalue weighted by molar-refractivity contribution is -0.658. The van der Waals surface area contributed by atoms with Crippen molar-refractivity contribution in [3.05, 3.63) is 84.1 Å². The van der Waals surface area contributed by atoms with Gasteiger partial charge in [0.1, 0.15) is 12.2 Å². The smallest absolute Gasteiger partial charge is 0.346 e. The molecule has 5 heteroatoms. The number of nitrogens with zero attached hydrogens (tertiary/aromatic N) is 1. The highest BCUT2D eigenvalue weighted by atomic mass is 16.6. The molecule has 192 valence electrons. The van der Waals surface area contributed by atoms with Crippen LogP contribution in [0.1, 0.15) is 69.8 Å². The van der Waals surface area contributed by atoms with Crippen molar-refractivity contribution in [1.82, 2.24) is 0 Å². The minimum atomic E-state index is -0.563. The van der Waals surface area contributed by atoms with Crippen LogP contribution in [0.4, 0.5) is 0 Å². The number of esters is 2. The van der Waals surface area contributed by atoms with Crippen molar-refractivity contribution in [1.29, 1.82) is 0 Å². The number of hydrogen-bond acceptors (Lipinski definition) is 4. The Morgan fingerprint density at radius 1 is 0.676 bits per heavy atom. The molecule has 0 N–H and O–H groups in total. The fourth-order valence-corrected chi connectivity index (χ4v) is 5.60. The largest absolute Gasteiger partial charge is 0.459 e. The van der Waals surface area contributed by atoms with Gasteiger partial charge in [-0.3, -0.25) is 0 Å². The van der Waals surface area contributed by atoms with Crippen molar-refractivity contribution in [3.63, 3.8) is 0 Å². The first-order valence-corrected chi connectivity index (χ1v) is 13.8. The Morgan fingerprint density at radius 2 is 1.22 bits per heavy atom. The van der Waals surface area contributed by atoms with Crippen molar-refractivity contribution in [2.24, 2.45) is 0 Å². The van der Waals surface area contributed by atoms with Crippen molar-refractivity contribution < 1.29 is 23.6 Å². The van der Waals surface area contributed by atoms with Crippen LogP contribution in [0.2, 0.25) is 0 Å². The number of hydrogen-bond donors (Lipinski definition) is 0. The van der Waals surface area contributed by atoms with Crippen molar-refractivity contribution >= 4 is 28.4 Å². The first-order chi connectivity index (χ1) is 18.2. The highest BCUT2D eigenvalue weighted by molar-refractivity contribution is 6.20. The summed E-state index contributed by atoms with van der Waals surface area (Å²) in [5, 5.41) is 1.09. The maximum absolute atomic E-state index is 13.8. The monoisotopic (exact) mass is 498 g/mol. The van der Waals surface area contributed by atoms with E-state index >= 15 is 0 Å². The minimum absolute atomic E-state index is 0.0304. The highest BCUT2D eigenvalue weighted by Gasteiger charge is 2.33. The van der Waals surface area contributed by atoms with Gasteiger partial charge in [0.25, 0.3) is 0 Å². The Labute approximate surface area is 219 Å². The van der Waals surface area contributed by atoms with Gasteiger partial charge in [0.2, 0.25) is 5.52 Å². The van der Waals surface area contributed by atoms with E-state index in [4.69, 9.17) is 9.47 Å². The minimum Gasteiger partial charge on any atom is -0.459 e. The molecule has 2 aliphatic rings. The molecule has 2 saturated carbocycles. The first kappa shape index (κ1) is 25.2. The van der Waals surface area contributed by atoms with E-state index in [-0.39, 0.29) is 17.8 Å². The third-order valence-corrected chi connectivity index (χ3v) is 7.60. The Bertz CT molecular complexity index is 1210. The molecule has 0 spiro atoms. The number of fused-ring (bicyclic) bond motifs is 1. The lowest BCUT2D eigenvalue weighted by atomic mass is 9.96. The van der Waals surface area contributed by atoms with Gasteiger partial charge in [-0.15, -0.1) is 0 Å². The summed E-state index contributed by atoms with van der Waals surface area (Å²) in [4.78, 5) is 27.5. The molecule has 1 aromatic heterocycles. The van der Waals surface area contributed by atoms with Crippen LogP contribution in [0.5, 0.6) is 0 Å². The van der Waals surface area contributed by atoms with Crippen LogP contribution in [0, 0.1) is 0 Å². The summed E-state index contributed by atoms with van der Waals surface area (Å²) < 4.78 is 14.1. The number of aromatic nitrogens is 1. The first-order valence-electron chi connectivity index (χ1n) is 13.8. The van der Waals surface area contributed by atoms with E-state index in [0.29, 0.717) is 12.1 Å². The number of allylic oxidation sites excluding steroid dienone is 1. The number of carbonyl (C=O) groups is 2. The predicted molar refractivity (Wildman–Crippen MR) is 143 cm³/mol. The molecule has 0 amide bonds. The van der Waals surface area contributed by atoms with Gasteiger partial charge in [-0.2, -0.15) is 4.57 Å². The van der Waals surface area contributed by atoms with Crippen LogP contribution >= 0.6 is 0 Å². The Hall–Kier alpha value is -3.47. The van der Waals surface area contributed by atoms with Gasteiger partial charge in [-0.1, -0.05) is 55.3 Å². The van der Waals surface area contributed by atoms with Gasteiger partial charge in [0.05, 0.1) is 0 Å². The number of pyridine rings is 1. The molecule has 2 aliphatic carbocycles. The summed E-state index contributed by atoms with van der Waals surface area (Å²) in [6, 6.07) is 21.9. The Kier molecular flexibility index (Phi) is 8.29. The second-order valence-corrected chi connectivity index (χ2v) is 10.2. The molecule has 5 nitrogen and oxygen atoms in total. The molecular weight excluding hydrogens is 462 g/mol. The van der Waals surface area contributed by atoms with Crippen molar-refractivity contribution in [2.45, 2.75) is 83.0 Å². The highest BCUT2D eigenvalue weighted by Crippen LogP contribution is 2.28. The van der Waals surface area contributed by atoms with Crippen LogP contribution in [-0.2, 0) is 25.6 Å². The molecule has 5 rings (SSSR count). The molecule has 0 unspecified atom stereocenters. The summed E-state index contributed by atoms with van der Waals surface area (Å²) in [5.41, 5.74) is 2.50. The number of ether oxygens (including phenoxy) is 2. The maximum atomic E-state index is 13.8. The molecule has 0 aliphatic heterocycles. The molecule has 0 bridgehead atoms. The van der Waals surface area contributed by atoms with Gasteiger partial charge in [-0.25, -0.2) is 9.59 Å². The average Bonchev–Trinajstić information content (AvgIpc) is 2.94. The van der Waals surface area contributed by atoms with E-state index in [2.05, 4.69) is 22.8 Å². The fraction of sp³-hybridized carbons (Fsp3) is 0.406. The SMILES string of the molecule is O=C(OC1CCCCC1)C(C(=O)OC1CCCCC1)=C(C[n+]1cccc2ccccc21)c1ccccc1. The predicted octanol–water partition coefficient (Wildman–Crippen LogP) is 6.33. The maximum Gasteiger partial charge on any atom is 0.346 e. The third kappa shape index (κ3) is 6.27.